The molecule has 0 radical (unpaired) electrons. The van der Waals surface area contributed by atoms with Crippen LogP contribution in [0, 0.1) is 10.1 Å². The average molecular weight is 352 g/mol. The summed E-state index contributed by atoms with van der Waals surface area (Å²) in [6, 6.07) is 14.5. The molecule has 4 aromatic rings. The smallest absolute Gasteiger partial charge is 0.277 e. The number of aromatic amines is 1. The second-order valence-electron chi connectivity index (χ2n) is 5.30. The summed E-state index contributed by atoms with van der Waals surface area (Å²) in [5.41, 5.74) is 2.53. The number of hydrogen-bond acceptors (Lipinski definition) is 6. The number of nitrogens with zero attached hydrogens (tertiary/aromatic N) is 3. The molecule has 0 fully saturated rings. The highest BCUT2D eigenvalue weighted by Gasteiger charge is 2.16. The van der Waals surface area contributed by atoms with Gasteiger partial charge in [0, 0.05) is 34.5 Å². The predicted octanol–water partition coefficient (Wildman–Crippen LogP) is 4.42. The summed E-state index contributed by atoms with van der Waals surface area (Å²) in [7, 11) is 0. The highest BCUT2D eigenvalue weighted by atomic mass is 32.2. The molecule has 0 aliphatic carbocycles. The summed E-state index contributed by atoms with van der Waals surface area (Å²) in [6.45, 7) is 0. The van der Waals surface area contributed by atoms with Crippen molar-refractivity contribution < 1.29 is 9.34 Å². The van der Waals surface area contributed by atoms with Crippen molar-refractivity contribution in [3.63, 3.8) is 0 Å². The van der Waals surface area contributed by atoms with Crippen LogP contribution in [0.2, 0.25) is 0 Å². The van der Waals surface area contributed by atoms with Crippen LogP contribution in [0.1, 0.15) is 5.56 Å². The van der Waals surface area contributed by atoms with E-state index in [-0.39, 0.29) is 10.6 Å². The van der Waals surface area contributed by atoms with Gasteiger partial charge in [-0.1, -0.05) is 48.2 Å². The zero-order valence-electron chi connectivity index (χ0n) is 12.9. The molecular formula is C17H12N4O3S. The number of benzene rings is 2. The van der Waals surface area contributed by atoms with Crippen LogP contribution < -0.4 is 0 Å². The molecule has 4 rings (SSSR count). The van der Waals surface area contributed by atoms with Gasteiger partial charge in [0.15, 0.2) is 0 Å². The summed E-state index contributed by atoms with van der Waals surface area (Å²) in [6.07, 6.45) is 1.83. The number of fused-ring (bicyclic) bond motifs is 1. The van der Waals surface area contributed by atoms with Gasteiger partial charge in [0.05, 0.1) is 10.5 Å². The fourth-order valence-electron chi connectivity index (χ4n) is 2.58. The lowest BCUT2D eigenvalue weighted by Gasteiger charge is -1.99. The highest BCUT2D eigenvalue weighted by molar-refractivity contribution is 7.98. The molecule has 25 heavy (non-hydrogen) atoms. The summed E-state index contributed by atoms with van der Waals surface area (Å²) >= 11 is 1.27. The molecule has 0 amide bonds. The maximum Gasteiger partial charge on any atom is 0.277 e. The first kappa shape index (κ1) is 15.4. The number of nitrogens with one attached hydrogen (secondary N) is 1. The Labute approximate surface area is 146 Å². The number of rotatable bonds is 5. The minimum Gasteiger partial charge on any atom is -0.411 e. The third kappa shape index (κ3) is 2.99. The van der Waals surface area contributed by atoms with Crippen LogP contribution in [-0.4, -0.2) is 20.1 Å². The van der Waals surface area contributed by atoms with E-state index >= 15 is 0 Å². The molecule has 124 valence electrons. The fraction of sp³-hybridized carbons (Fsp3) is 0.0588. The van der Waals surface area contributed by atoms with Crippen molar-refractivity contribution in [2.45, 2.75) is 11.0 Å². The average Bonchev–Trinajstić information content (AvgIpc) is 3.26. The molecule has 2 aromatic carbocycles. The first-order valence-corrected chi connectivity index (χ1v) is 8.46. The Morgan fingerprint density at radius 2 is 1.92 bits per heavy atom. The number of H-pyrrole nitrogens is 1. The molecule has 8 heteroatoms. The van der Waals surface area contributed by atoms with Gasteiger partial charge >= 0.3 is 0 Å². The van der Waals surface area contributed by atoms with E-state index < -0.39 is 0 Å². The lowest BCUT2D eigenvalue weighted by atomic mass is 10.2. The van der Waals surface area contributed by atoms with Crippen molar-refractivity contribution in [2.75, 3.05) is 0 Å². The van der Waals surface area contributed by atoms with E-state index in [2.05, 4.69) is 15.2 Å². The zero-order chi connectivity index (χ0) is 17.2. The number of thioether (sulfide) groups is 1. The largest absolute Gasteiger partial charge is 0.411 e. The Kier molecular flexibility index (Phi) is 3.95. The quantitative estimate of drug-likeness (QED) is 0.324. The van der Waals surface area contributed by atoms with Gasteiger partial charge in [0.1, 0.15) is 0 Å². The van der Waals surface area contributed by atoms with Crippen molar-refractivity contribution >= 4 is 28.4 Å². The van der Waals surface area contributed by atoms with Gasteiger partial charge < -0.3 is 9.40 Å². The minimum absolute atomic E-state index is 0.0892. The van der Waals surface area contributed by atoms with Gasteiger partial charge in [-0.15, -0.1) is 10.2 Å². The van der Waals surface area contributed by atoms with Gasteiger partial charge in [0.2, 0.25) is 0 Å². The zero-order valence-corrected chi connectivity index (χ0v) is 13.7. The maximum atomic E-state index is 11.1. The predicted molar refractivity (Wildman–Crippen MR) is 94.2 cm³/mol. The van der Waals surface area contributed by atoms with E-state index in [1.54, 1.807) is 18.2 Å². The van der Waals surface area contributed by atoms with Crippen LogP contribution in [0.15, 0.2) is 64.4 Å². The van der Waals surface area contributed by atoms with E-state index in [1.165, 1.54) is 17.8 Å². The number of para-hydroxylation sites is 2. The molecule has 0 aliphatic rings. The molecule has 0 aliphatic heterocycles. The summed E-state index contributed by atoms with van der Waals surface area (Å²) in [5.74, 6) is 0.801. The molecule has 0 saturated carbocycles. The molecule has 0 spiro atoms. The summed E-state index contributed by atoms with van der Waals surface area (Å²) < 4.78 is 5.71. The van der Waals surface area contributed by atoms with Gasteiger partial charge in [-0.3, -0.25) is 10.1 Å². The molecule has 2 aromatic heterocycles. The Balaban J connectivity index is 1.56. The van der Waals surface area contributed by atoms with E-state index in [4.69, 9.17) is 4.42 Å². The third-order valence-electron chi connectivity index (χ3n) is 3.77. The van der Waals surface area contributed by atoms with Gasteiger partial charge in [-0.05, 0) is 6.07 Å². The van der Waals surface area contributed by atoms with E-state index in [1.807, 2.05) is 30.5 Å². The number of nitro benzene ring substituents is 1. The standard InChI is InChI=1S/C17H12N4O3S/c22-21(23)15-8-4-1-5-11(15)10-25-17-20-19-16(24-17)13-9-18-14-7-3-2-6-12(13)14/h1-9,18H,10H2. The summed E-state index contributed by atoms with van der Waals surface area (Å²) in [5, 5.41) is 20.6. The monoisotopic (exact) mass is 352 g/mol. The van der Waals surface area contributed by atoms with Crippen LogP contribution in [-0.2, 0) is 5.75 Å². The Hall–Kier alpha value is -3.13. The second-order valence-corrected chi connectivity index (χ2v) is 6.22. The maximum absolute atomic E-state index is 11.1. The fourth-order valence-corrected chi connectivity index (χ4v) is 3.34. The normalized spacial score (nSPS) is 11.0. The lowest BCUT2D eigenvalue weighted by Crippen LogP contribution is -1.93. The van der Waals surface area contributed by atoms with E-state index in [0.29, 0.717) is 22.4 Å². The highest BCUT2D eigenvalue weighted by Crippen LogP contribution is 2.31. The van der Waals surface area contributed by atoms with Crippen molar-refractivity contribution in [2.24, 2.45) is 0 Å². The van der Waals surface area contributed by atoms with Gasteiger partial charge in [0.25, 0.3) is 16.8 Å². The number of hydrogen-bond donors (Lipinski definition) is 1. The van der Waals surface area contributed by atoms with Crippen molar-refractivity contribution in [3.05, 3.63) is 70.4 Å². The van der Waals surface area contributed by atoms with Crippen molar-refractivity contribution in [1.82, 2.24) is 15.2 Å². The first-order chi connectivity index (χ1) is 12.2. The van der Waals surface area contributed by atoms with Crippen LogP contribution in [0.3, 0.4) is 0 Å². The number of aromatic nitrogens is 3. The molecule has 1 N–H and O–H groups in total. The Morgan fingerprint density at radius 3 is 2.80 bits per heavy atom. The molecule has 7 nitrogen and oxygen atoms in total. The third-order valence-corrected chi connectivity index (χ3v) is 4.63. The van der Waals surface area contributed by atoms with E-state index in [0.717, 1.165) is 16.5 Å². The molecular weight excluding hydrogens is 340 g/mol. The van der Waals surface area contributed by atoms with Gasteiger partial charge in [-0.25, -0.2) is 0 Å². The Morgan fingerprint density at radius 1 is 1.12 bits per heavy atom. The van der Waals surface area contributed by atoms with Crippen molar-refractivity contribution in [1.29, 1.82) is 0 Å². The van der Waals surface area contributed by atoms with Crippen LogP contribution >= 0.6 is 11.8 Å². The molecule has 0 atom stereocenters. The summed E-state index contributed by atoms with van der Waals surface area (Å²) in [4.78, 5) is 13.8. The molecule has 0 unspecified atom stereocenters. The SMILES string of the molecule is O=[N+]([O-])c1ccccc1CSc1nnc(-c2c[nH]c3ccccc23)o1. The molecule has 2 heterocycles. The van der Waals surface area contributed by atoms with Crippen LogP contribution in [0.25, 0.3) is 22.4 Å². The number of nitro groups is 1. The topological polar surface area (TPSA) is 97.9 Å². The minimum atomic E-state index is -0.388. The lowest BCUT2D eigenvalue weighted by molar-refractivity contribution is -0.385. The second kappa shape index (κ2) is 6.40. The first-order valence-electron chi connectivity index (χ1n) is 7.47. The molecule has 0 saturated heterocycles. The molecule has 0 bridgehead atoms. The Bertz CT molecular complexity index is 1060. The van der Waals surface area contributed by atoms with Gasteiger partial charge in [-0.2, -0.15) is 0 Å². The van der Waals surface area contributed by atoms with Crippen molar-refractivity contribution in [3.8, 4) is 11.5 Å². The van der Waals surface area contributed by atoms with Crippen LogP contribution in [0.5, 0.6) is 0 Å². The van der Waals surface area contributed by atoms with E-state index in [9.17, 15) is 10.1 Å². The van der Waals surface area contributed by atoms with Crippen LogP contribution in [0.4, 0.5) is 5.69 Å².